The van der Waals surface area contributed by atoms with Crippen LogP contribution in [0, 0.1) is 17.0 Å². The van der Waals surface area contributed by atoms with Gasteiger partial charge in [-0.1, -0.05) is 12.1 Å². The van der Waals surface area contributed by atoms with E-state index in [0.717, 1.165) is 34.4 Å². The maximum Gasteiger partial charge on any atom is 0.410 e. The van der Waals surface area contributed by atoms with Crippen LogP contribution >= 0.6 is 11.6 Å². The van der Waals surface area contributed by atoms with Crippen molar-refractivity contribution in [2.75, 3.05) is 11.9 Å². The SMILES string of the molecule is Cc1c2c(nn1-c1ccc(CNc3nc(Cl)ncc3[N+](=O)[O-])cc1)CCN(C(=O)OC(C)(C)C)C2. The zero-order chi connectivity index (χ0) is 25.3. The minimum absolute atomic E-state index is 0.0595. The van der Waals surface area contributed by atoms with Gasteiger partial charge in [0.25, 0.3) is 0 Å². The van der Waals surface area contributed by atoms with Gasteiger partial charge in [-0.15, -0.1) is 0 Å². The molecule has 0 saturated carbocycles. The second-order valence-electron chi connectivity index (χ2n) is 9.22. The number of amides is 1. The zero-order valence-electron chi connectivity index (χ0n) is 19.9. The molecule has 0 fully saturated rings. The summed E-state index contributed by atoms with van der Waals surface area (Å²) in [5.41, 5.74) is 3.94. The molecule has 0 unspecified atom stereocenters. The van der Waals surface area contributed by atoms with E-state index in [1.54, 1.807) is 4.90 Å². The predicted molar refractivity (Wildman–Crippen MR) is 130 cm³/mol. The van der Waals surface area contributed by atoms with Crippen molar-refractivity contribution in [1.29, 1.82) is 0 Å². The summed E-state index contributed by atoms with van der Waals surface area (Å²) >= 11 is 5.78. The molecule has 3 aromatic rings. The minimum atomic E-state index is -0.562. The summed E-state index contributed by atoms with van der Waals surface area (Å²) in [5, 5.41) is 18.8. The molecule has 12 heteroatoms. The lowest BCUT2D eigenvalue weighted by atomic mass is 10.1. The van der Waals surface area contributed by atoms with E-state index in [-0.39, 0.29) is 22.9 Å². The number of hydrogen-bond acceptors (Lipinski definition) is 8. The molecule has 1 aliphatic rings. The molecule has 1 N–H and O–H groups in total. The monoisotopic (exact) mass is 499 g/mol. The van der Waals surface area contributed by atoms with Crippen LogP contribution in [0.25, 0.3) is 5.69 Å². The first kappa shape index (κ1) is 24.4. The molecule has 1 aromatic carbocycles. The lowest BCUT2D eigenvalue weighted by molar-refractivity contribution is -0.384. The number of carbonyl (C=O) groups is 1. The van der Waals surface area contributed by atoms with Gasteiger partial charge in [0.15, 0.2) is 0 Å². The van der Waals surface area contributed by atoms with Crippen LogP contribution in [0.15, 0.2) is 30.5 Å². The average Bonchev–Trinajstić information content (AvgIpc) is 3.12. The van der Waals surface area contributed by atoms with Crippen molar-refractivity contribution in [2.45, 2.75) is 52.8 Å². The fourth-order valence-corrected chi connectivity index (χ4v) is 3.94. The quantitative estimate of drug-likeness (QED) is 0.310. The van der Waals surface area contributed by atoms with Gasteiger partial charge in [-0.05, 0) is 57.0 Å². The number of nitrogens with zero attached hydrogens (tertiary/aromatic N) is 6. The number of ether oxygens (including phenoxy) is 1. The van der Waals surface area contributed by atoms with Gasteiger partial charge < -0.3 is 15.0 Å². The molecular formula is C23H26ClN7O4. The van der Waals surface area contributed by atoms with Crippen LogP contribution in [0.2, 0.25) is 5.28 Å². The summed E-state index contributed by atoms with van der Waals surface area (Å²) < 4.78 is 7.39. The number of rotatable bonds is 5. The average molecular weight is 500 g/mol. The first-order chi connectivity index (χ1) is 16.5. The predicted octanol–water partition coefficient (Wildman–Crippen LogP) is 4.44. The topological polar surface area (TPSA) is 128 Å². The van der Waals surface area contributed by atoms with E-state index < -0.39 is 10.5 Å². The normalized spacial score (nSPS) is 13.3. The summed E-state index contributed by atoms with van der Waals surface area (Å²) in [5.74, 6) is 0.0595. The number of fused-ring (bicyclic) bond motifs is 1. The number of hydrogen-bond donors (Lipinski definition) is 1. The number of carbonyl (C=O) groups excluding carboxylic acids is 1. The van der Waals surface area contributed by atoms with E-state index in [0.29, 0.717) is 26.1 Å². The van der Waals surface area contributed by atoms with E-state index in [1.165, 1.54) is 0 Å². The fourth-order valence-electron chi connectivity index (χ4n) is 3.80. The van der Waals surface area contributed by atoms with E-state index in [1.807, 2.05) is 56.6 Å². The van der Waals surface area contributed by atoms with Crippen LogP contribution in [0.5, 0.6) is 0 Å². The molecule has 35 heavy (non-hydrogen) atoms. The summed E-state index contributed by atoms with van der Waals surface area (Å²) in [4.78, 5) is 32.4. The number of halogens is 1. The maximum absolute atomic E-state index is 12.5. The van der Waals surface area contributed by atoms with Gasteiger partial charge in [0.1, 0.15) is 11.8 Å². The molecule has 1 amide bonds. The van der Waals surface area contributed by atoms with Crippen LogP contribution in [0.3, 0.4) is 0 Å². The fraction of sp³-hybridized carbons (Fsp3) is 0.391. The number of aromatic nitrogens is 4. The number of nitro groups is 1. The lowest BCUT2D eigenvalue weighted by Gasteiger charge is -2.29. The van der Waals surface area contributed by atoms with E-state index in [4.69, 9.17) is 21.4 Å². The van der Waals surface area contributed by atoms with Crippen LogP contribution in [0.4, 0.5) is 16.3 Å². The molecule has 4 rings (SSSR count). The van der Waals surface area contributed by atoms with Gasteiger partial charge >= 0.3 is 11.8 Å². The highest BCUT2D eigenvalue weighted by atomic mass is 35.5. The van der Waals surface area contributed by atoms with Crippen LogP contribution in [-0.2, 0) is 24.2 Å². The Balaban J connectivity index is 1.47. The Hall–Kier alpha value is -3.73. The molecule has 0 bridgehead atoms. The van der Waals surface area contributed by atoms with E-state index in [2.05, 4.69) is 15.3 Å². The third kappa shape index (κ3) is 5.51. The third-order valence-corrected chi connectivity index (χ3v) is 5.70. The zero-order valence-corrected chi connectivity index (χ0v) is 20.7. The molecule has 0 aliphatic carbocycles. The molecule has 11 nitrogen and oxygen atoms in total. The van der Waals surface area contributed by atoms with Crippen molar-refractivity contribution in [1.82, 2.24) is 24.6 Å². The van der Waals surface area contributed by atoms with Gasteiger partial charge in [-0.3, -0.25) is 10.1 Å². The number of nitrogens with one attached hydrogen (secondary N) is 1. The van der Waals surface area contributed by atoms with Crippen molar-refractivity contribution in [2.24, 2.45) is 0 Å². The Morgan fingerprint density at radius 2 is 2.00 bits per heavy atom. The highest BCUT2D eigenvalue weighted by molar-refractivity contribution is 6.28. The summed E-state index contributed by atoms with van der Waals surface area (Å²) in [6.45, 7) is 8.87. The molecule has 2 aromatic heterocycles. The standard InChI is InChI=1S/C23H26ClN7O4/c1-14-17-13-29(22(32)35-23(2,3)4)10-9-18(17)28-30(14)16-7-5-15(6-8-16)11-25-20-19(31(33)34)12-26-21(24)27-20/h5-8,12H,9-11,13H2,1-4H3,(H,25,26,27). The maximum atomic E-state index is 12.5. The van der Waals surface area contributed by atoms with E-state index in [9.17, 15) is 14.9 Å². The Kier molecular flexibility index (Phi) is 6.62. The second-order valence-corrected chi connectivity index (χ2v) is 9.56. The number of anilines is 1. The molecule has 3 heterocycles. The minimum Gasteiger partial charge on any atom is -0.444 e. The van der Waals surface area contributed by atoms with Crippen molar-refractivity contribution >= 4 is 29.2 Å². The second kappa shape index (κ2) is 9.49. The first-order valence-corrected chi connectivity index (χ1v) is 11.4. The highest BCUT2D eigenvalue weighted by Gasteiger charge is 2.29. The van der Waals surface area contributed by atoms with Gasteiger partial charge in [0, 0.05) is 30.8 Å². The van der Waals surface area contributed by atoms with Gasteiger partial charge in [-0.2, -0.15) is 10.1 Å². The first-order valence-electron chi connectivity index (χ1n) is 11.1. The Morgan fingerprint density at radius 3 is 2.66 bits per heavy atom. The lowest BCUT2D eigenvalue weighted by Crippen LogP contribution is -2.39. The molecular weight excluding hydrogens is 474 g/mol. The van der Waals surface area contributed by atoms with Gasteiger partial charge in [0.2, 0.25) is 11.1 Å². The van der Waals surface area contributed by atoms with Crippen LogP contribution < -0.4 is 5.32 Å². The smallest absolute Gasteiger partial charge is 0.410 e. The molecule has 0 radical (unpaired) electrons. The Labute approximate surface area is 207 Å². The molecule has 184 valence electrons. The summed E-state index contributed by atoms with van der Waals surface area (Å²) in [6.07, 6.45) is 1.41. The molecule has 1 aliphatic heterocycles. The van der Waals surface area contributed by atoms with Gasteiger partial charge in [0.05, 0.1) is 22.8 Å². The summed E-state index contributed by atoms with van der Waals surface area (Å²) in [7, 11) is 0. The molecule has 0 saturated heterocycles. The van der Waals surface area contributed by atoms with Crippen molar-refractivity contribution < 1.29 is 14.5 Å². The Morgan fingerprint density at radius 1 is 1.29 bits per heavy atom. The Bertz CT molecular complexity index is 1270. The van der Waals surface area contributed by atoms with Crippen molar-refractivity contribution in [3.05, 3.63) is 68.4 Å². The third-order valence-electron chi connectivity index (χ3n) is 5.52. The summed E-state index contributed by atoms with van der Waals surface area (Å²) in [6, 6.07) is 7.67. The van der Waals surface area contributed by atoms with E-state index >= 15 is 0 Å². The van der Waals surface area contributed by atoms with Crippen molar-refractivity contribution in [3.8, 4) is 5.69 Å². The molecule has 0 spiro atoms. The highest BCUT2D eigenvalue weighted by Crippen LogP contribution is 2.26. The number of benzene rings is 1. The van der Waals surface area contributed by atoms with Crippen LogP contribution in [0.1, 0.15) is 43.3 Å². The molecule has 0 atom stereocenters. The van der Waals surface area contributed by atoms with Crippen LogP contribution in [-0.4, -0.2) is 47.8 Å². The van der Waals surface area contributed by atoms with Crippen molar-refractivity contribution in [3.63, 3.8) is 0 Å². The van der Waals surface area contributed by atoms with Gasteiger partial charge in [-0.25, -0.2) is 14.5 Å². The largest absolute Gasteiger partial charge is 0.444 e.